The Morgan fingerprint density at radius 2 is 1.97 bits per heavy atom. The summed E-state index contributed by atoms with van der Waals surface area (Å²) in [6.07, 6.45) is 1.24. The molecular weight excluding hydrogens is 482 g/mol. The fraction of sp³-hybridized carbons (Fsp3) is 0.269. The van der Waals surface area contributed by atoms with E-state index in [0.29, 0.717) is 38.5 Å². The third-order valence-corrected chi connectivity index (χ3v) is 6.45. The molecule has 1 atom stereocenters. The fourth-order valence-electron chi connectivity index (χ4n) is 3.97. The molecule has 1 aliphatic rings. The van der Waals surface area contributed by atoms with Crippen molar-refractivity contribution in [2.24, 2.45) is 4.99 Å². The lowest BCUT2D eigenvalue weighted by Crippen LogP contribution is -2.40. The normalized spacial score (nSPS) is 15.5. The summed E-state index contributed by atoms with van der Waals surface area (Å²) in [6.45, 7) is 7.63. The van der Waals surface area contributed by atoms with Gasteiger partial charge in [0.25, 0.3) is 11.2 Å². The van der Waals surface area contributed by atoms with Crippen molar-refractivity contribution in [2.75, 3.05) is 6.61 Å². The Balaban J connectivity index is 1.90. The maximum atomic E-state index is 13.6. The van der Waals surface area contributed by atoms with Crippen LogP contribution in [-0.2, 0) is 9.53 Å². The highest BCUT2D eigenvalue weighted by molar-refractivity contribution is 7.07. The minimum atomic E-state index is -0.754. The van der Waals surface area contributed by atoms with Gasteiger partial charge in [-0.15, -0.1) is 0 Å². The molecule has 0 radical (unpaired) electrons. The second-order valence-corrected chi connectivity index (χ2v) is 9.40. The number of nitro benzene ring substituents is 1. The Morgan fingerprint density at radius 3 is 2.61 bits per heavy atom. The molecule has 10 heteroatoms. The summed E-state index contributed by atoms with van der Waals surface area (Å²) in [4.78, 5) is 42.4. The van der Waals surface area contributed by atoms with E-state index in [-0.39, 0.29) is 22.9 Å². The highest BCUT2D eigenvalue weighted by Crippen LogP contribution is 2.32. The van der Waals surface area contributed by atoms with Crippen LogP contribution in [0.2, 0.25) is 0 Å². The number of carbonyl (C=O) groups excluding carboxylic acids is 1. The number of carbonyl (C=O) groups is 1. The van der Waals surface area contributed by atoms with Crippen molar-refractivity contribution in [2.45, 2.75) is 39.8 Å². The van der Waals surface area contributed by atoms with Crippen LogP contribution < -0.4 is 19.6 Å². The van der Waals surface area contributed by atoms with E-state index in [2.05, 4.69) is 4.99 Å². The van der Waals surface area contributed by atoms with Crippen LogP contribution in [0.5, 0.6) is 5.75 Å². The van der Waals surface area contributed by atoms with Crippen LogP contribution >= 0.6 is 11.3 Å². The second kappa shape index (κ2) is 10.3. The van der Waals surface area contributed by atoms with Crippen molar-refractivity contribution in [1.82, 2.24) is 4.57 Å². The van der Waals surface area contributed by atoms with Crippen molar-refractivity contribution in [3.63, 3.8) is 0 Å². The third-order valence-electron chi connectivity index (χ3n) is 5.47. The van der Waals surface area contributed by atoms with Crippen molar-refractivity contribution >= 4 is 29.1 Å². The number of nitrogens with zero attached hydrogens (tertiary/aromatic N) is 3. The molecule has 2 heterocycles. The smallest absolute Gasteiger partial charge is 0.338 e. The molecule has 0 spiro atoms. The topological polar surface area (TPSA) is 113 Å². The predicted molar refractivity (Wildman–Crippen MR) is 136 cm³/mol. The summed E-state index contributed by atoms with van der Waals surface area (Å²) in [7, 11) is 0. The lowest BCUT2D eigenvalue weighted by Gasteiger charge is -2.25. The average Bonchev–Trinajstić information content (AvgIpc) is 3.13. The predicted octanol–water partition coefficient (Wildman–Crippen LogP) is 3.49. The molecule has 0 aliphatic carbocycles. The van der Waals surface area contributed by atoms with Crippen molar-refractivity contribution < 1.29 is 19.2 Å². The summed E-state index contributed by atoms with van der Waals surface area (Å²) < 4.78 is 12.9. The Hall–Kier alpha value is -4.05. The van der Waals surface area contributed by atoms with Crippen LogP contribution in [0.4, 0.5) is 5.69 Å². The van der Waals surface area contributed by atoms with E-state index in [1.807, 2.05) is 19.1 Å². The fourth-order valence-corrected chi connectivity index (χ4v) is 5.01. The molecule has 186 valence electrons. The number of benzene rings is 2. The Kier molecular flexibility index (Phi) is 7.16. The summed E-state index contributed by atoms with van der Waals surface area (Å²) >= 11 is 1.16. The van der Waals surface area contributed by atoms with E-state index in [1.54, 1.807) is 51.1 Å². The van der Waals surface area contributed by atoms with Crippen LogP contribution in [-0.4, -0.2) is 28.2 Å². The van der Waals surface area contributed by atoms with E-state index in [0.717, 1.165) is 11.3 Å². The highest BCUT2D eigenvalue weighted by atomic mass is 32.1. The number of nitro groups is 1. The number of aromatic nitrogens is 1. The molecule has 0 bridgehead atoms. The van der Waals surface area contributed by atoms with Gasteiger partial charge in [0.2, 0.25) is 0 Å². The van der Waals surface area contributed by atoms with Crippen LogP contribution in [0.25, 0.3) is 6.08 Å². The Bertz CT molecular complexity index is 1530. The Morgan fingerprint density at radius 1 is 1.25 bits per heavy atom. The first-order chi connectivity index (χ1) is 17.2. The maximum absolute atomic E-state index is 13.6. The monoisotopic (exact) mass is 507 g/mol. The van der Waals surface area contributed by atoms with Crippen LogP contribution in [0, 0.1) is 10.1 Å². The van der Waals surface area contributed by atoms with Gasteiger partial charge in [0.05, 0.1) is 39.5 Å². The largest absolute Gasteiger partial charge is 0.494 e. The second-order valence-electron chi connectivity index (χ2n) is 8.39. The first kappa shape index (κ1) is 25.1. The number of non-ortho nitro benzene ring substituents is 1. The quantitative estimate of drug-likeness (QED) is 0.275. The zero-order valence-corrected chi connectivity index (χ0v) is 21.1. The van der Waals surface area contributed by atoms with Crippen molar-refractivity contribution in [1.29, 1.82) is 0 Å². The molecule has 1 aromatic heterocycles. The van der Waals surface area contributed by atoms with E-state index in [9.17, 15) is 19.7 Å². The first-order valence-corrected chi connectivity index (χ1v) is 12.2. The van der Waals surface area contributed by atoms with Crippen molar-refractivity contribution in [3.8, 4) is 5.75 Å². The van der Waals surface area contributed by atoms with Gasteiger partial charge < -0.3 is 9.47 Å². The van der Waals surface area contributed by atoms with Gasteiger partial charge in [0.15, 0.2) is 4.80 Å². The number of fused-ring (bicyclic) bond motifs is 1. The molecular formula is C26H25N3O6S. The standard InChI is InChI=1S/C26H25N3O6S/c1-5-34-20-11-9-18(10-12-20)23-22(25(31)35-15(2)3)16(4)27-26-28(23)24(30)21(36-26)14-17-7-6-8-19(13-17)29(32)33/h6-15,23H,5H2,1-4H3. The molecule has 9 nitrogen and oxygen atoms in total. The van der Waals surface area contributed by atoms with Gasteiger partial charge in [-0.25, -0.2) is 9.79 Å². The van der Waals surface area contributed by atoms with E-state index in [1.165, 1.54) is 16.7 Å². The summed E-state index contributed by atoms with van der Waals surface area (Å²) in [5.74, 6) is 0.129. The SMILES string of the molecule is CCOc1ccc(C2C(C(=O)OC(C)C)=C(C)N=c3sc(=Cc4cccc([N+](=O)[O-])c4)c(=O)n32)cc1. The third kappa shape index (κ3) is 4.99. The molecule has 0 fully saturated rings. The molecule has 0 saturated carbocycles. The van der Waals surface area contributed by atoms with Gasteiger partial charge in [-0.05, 0) is 57.0 Å². The van der Waals surface area contributed by atoms with E-state index in [4.69, 9.17) is 9.47 Å². The minimum absolute atomic E-state index is 0.0710. The Labute approximate surface area is 210 Å². The maximum Gasteiger partial charge on any atom is 0.338 e. The lowest BCUT2D eigenvalue weighted by molar-refractivity contribution is -0.384. The molecule has 3 aromatic rings. The molecule has 0 saturated heterocycles. The van der Waals surface area contributed by atoms with E-state index < -0.39 is 16.9 Å². The number of allylic oxidation sites excluding steroid dienone is 1. The summed E-state index contributed by atoms with van der Waals surface area (Å²) in [5.41, 5.74) is 1.53. The van der Waals surface area contributed by atoms with Crippen LogP contribution in [0.1, 0.15) is 44.9 Å². The number of ether oxygens (including phenoxy) is 2. The van der Waals surface area contributed by atoms with Crippen LogP contribution in [0.15, 0.2) is 69.6 Å². The van der Waals surface area contributed by atoms with Crippen molar-refractivity contribution in [3.05, 3.63) is 101 Å². The van der Waals surface area contributed by atoms with Crippen LogP contribution in [0.3, 0.4) is 0 Å². The molecule has 1 aliphatic heterocycles. The number of hydrogen-bond acceptors (Lipinski definition) is 8. The van der Waals surface area contributed by atoms with Gasteiger partial charge in [-0.2, -0.15) is 0 Å². The summed E-state index contributed by atoms with van der Waals surface area (Å²) in [6, 6.07) is 12.5. The first-order valence-electron chi connectivity index (χ1n) is 11.4. The number of hydrogen-bond donors (Lipinski definition) is 0. The zero-order chi connectivity index (χ0) is 26.0. The lowest BCUT2D eigenvalue weighted by atomic mass is 9.96. The zero-order valence-electron chi connectivity index (χ0n) is 20.3. The van der Waals surface area contributed by atoms with Gasteiger partial charge in [-0.3, -0.25) is 19.5 Å². The van der Waals surface area contributed by atoms with Gasteiger partial charge >= 0.3 is 5.97 Å². The molecule has 0 amide bonds. The number of thiazole rings is 1. The van der Waals surface area contributed by atoms with E-state index >= 15 is 0 Å². The molecule has 2 aromatic carbocycles. The highest BCUT2D eigenvalue weighted by Gasteiger charge is 2.33. The van der Waals surface area contributed by atoms with Gasteiger partial charge in [0.1, 0.15) is 5.75 Å². The van der Waals surface area contributed by atoms with Gasteiger partial charge in [-0.1, -0.05) is 35.6 Å². The number of esters is 1. The molecule has 1 unspecified atom stereocenters. The average molecular weight is 508 g/mol. The molecule has 0 N–H and O–H groups in total. The minimum Gasteiger partial charge on any atom is -0.494 e. The molecule has 4 rings (SSSR count). The summed E-state index contributed by atoms with van der Waals surface area (Å²) in [5, 5.41) is 11.2. The number of rotatable bonds is 7. The van der Waals surface area contributed by atoms with Gasteiger partial charge in [0, 0.05) is 12.1 Å². The molecule has 36 heavy (non-hydrogen) atoms.